The number of hydrogen-bond donors (Lipinski definition) is 2. The van der Waals surface area contributed by atoms with Crippen molar-refractivity contribution >= 4 is 19.5 Å². The van der Waals surface area contributed by atoms with Crippen molar-refractivity contribution in [2.75, 3.05) is 26.7 Å². The molecule has 0 spiro atoms. The standard InChI is InChI=1S/C12H26BN3O2/c1-10(17)11(5-3-4-6-14)16(8-7-15-2)12(18)9-13/h11,15H,3-9,13-14H2,1-2H3/t11-/m1/s1. The van der Waals surface area contributed by atoms with Gasteiger partial charge in [0.15, 0.2) is 5.78 Å². The van der Waals surface area contributed by atoms with Gasteiger partial charge < -0.3 is 16.0 Å². The molecule has 3 N–H and O–H groups in total. The summed E-state index contributed by atoms with van der Waals surface area (Å²) in [6.07, 6.45) is 2.92. The van der Waals surface area contributed by atoms with Crippen LogP contribution in [0.15, 0.2) is 0 Å². The van der Waals surface area contributed by atoms with E-state index in [-0.39, 0.29) is 17.7 Å². The van der Waals surface area contributed by atoms with Gasteiger partial charge in [-0.15, -0.1) is 0 Å². The van der Waals surface area contributed by atoms with Crippen molar-refractivity contribution < 1.29 is 9.59 Å². The summed E-state index contributed by atoms with van der Waals surface area (Å²) < 4.78 is 0. The third-order valence-electron chi connectivity index (χ3n) is 3.00. The van der Waals surface area contributed by atoms with Gasteiger partial charge in [-0.3, -0.25) is 9.59 Å². The van der Waals surface area contributed by atoms with E-state index in [2.05, 4.69) is 5.32 Å². The molecule has 0 aliphatic rings. The van der Waals surface area contributed by atoms with E-state index in [0.717, 1.165) is 12.8 Å². The van der Waals surface area contributed by atoms with Gasteiger partial charge in [-0.1, -0.05) is 0 Å². The average Bonchev–Trinajstić information content (AvgIpc) is 2.36. The highest BCUT2D eigenvalue weighted by Crippen LogP contribution is 2.11. The van der Waals surface area contributed by atoms with Crippen LogP contribution in [0, 0.1) is 0 Å². The molecule has 0 aromatic rings. The molecule has 1 amide bonds. The zero-order chi connectivity index (χ0) is 14.0. The van der Waals surface area contributed by atoms with E-state index in [1.807, 2.05) is 14.9 Å². The molecule has 0 saturated carbocycles. The highest BCUT2D eigenvalue weighted by molar-refractivity contribution is 6.19. The molecule has 1 atom stereocenters. The number of nitrogens with two attached hydrogens (primary N) is 1. The molecule has 0 heterocycles. The molecule has 0 rings (SSSR count). The maximum Gasteiger partial charge on any atom is 0.215 e. The largest absolute Gasteiger partial charge is 0.332 e. The highest BCUT2D eigenvalue weighted by atomic mass is 16.2. The smallest absolute Gasteiger partial charge is 0.215 e. The van der Waals surface area contributed by atoms with Gasteiger partial charge in [0.05, 0.1) is 6.04 Å². The fraction of sp³-hybridized carbons (Fsp3) is 0.833. The van der Waals surface area contributed by atoms with E-state index in [1.165, 1.54) is 0 Å². The van der Waals surface area contributed by atoms with Gasteiger partial charge in [-0.05, 0) is 46.1 Å². The number of unbranched alkanes of at least 4 members (excludes halogenated alkanes) is 1. The first-order valence-electron chi connectivity index (χ1n) is 6.73. The topological polar surface area (TPSA) is 75.4 Å². The molecule has 18 heavy (non-hydrogen) atoms. The quantitative estimate of drug-likeness (QED) is 0.395. The Kier molecular flexibility index (Phi) is 9.59. The lowest BCUT2D eigenvalue weighted by Gasteiger charge is -2.30. The Morgan fingerprint density at radius 3 is 2.50 bits per heavy atom. The second-order valence-corrected chi connectivity index (χ2v) is 4.46. The van der Waals surface area contributed by atoms with Crippen molar-refractivity contribution in [2.24, 2.45) is 5.73 Å². The normalized spacial score (nSPS) is 12.2. The van der Waals surface area contributed by atoms with Crippen LogP contribution >= 0.6 is 0 Å². The zero-order valence-electron chi connectivity index (χ0n) is 11.9. The Bertz CT molecular complexity index is 262. The Hall–Kier alpha value is -0.875. The SMILES string of the molecule is BCC(=O)N(CCNC)[C@H](CCCCN)C(C)=O. The Morgan fingerprint density at radius 2 is 2.06 bits per heavy atom. The lowest BCUT2D eigenvalue weighted by atomic mass is 9.99. The van der Waals surface area contributed by atoms with E-state index in [4.69, 9.17) is 5.73 Å². The minimum atomic E-state index is -0.294. The molecule has 6 heteroatoms. The first-order chi connectivity index (χ1) is 8.58. The van der Waals surface area contributed by atoms with Gasteiger partial charge in [0, 0.05) is 13.1 Å². The number of carbonyl (C=O) groups is 2. The minimum absolute atomic E-state index is 0.0400. The van der Waals surface area contributed by atoms with Crippen LogP contribution in [0.5, 0.6) is 0 Å². The van der Waals surface area contributed by atoms with Crippen molar-refractivity contribution in [1.29, 1.82) is 0 Å². The van der Waals surface area contributed by atoms with Gasteiger partial charge in [0.25, 0.3) is 0 Å². The van der Waals surface area contributed by atoms with Crippen LogP contribution in [-0.2, 0) is 9.59 Å². The van der Waals surface area contributed by atoms with Crippen LogP contribution in [0.25, 0.3) is 0 Å². The molecule has 0 bridgehead atoms. The minimum Gasteiger partial charge on any atom is -0.332 e. The highest BCUT2D eigenvalue weighted by Gasteiger charge is 2.25. The molecule has 0 radical (unpaired) electrons. The molecule has 0 aromatic heterocycles. The van der Waals surface area contributed by atoms with Crippen molar-refractivity contribution in [3.8, 4) is 0 Å². The first kappa shape index (κ1) is 17.1. The molecular formula is C12H26BN3O2. The van der Waals surface area contributed by atoms with Crippen molar-refractivity contribution in [3.63, 3.8) is 0 Å². The fourth-order valence-corrected chi connectivity index (χ4v) is 1.95. The fourth-order valence-electron chi connectivity index (χ4n) is 1.95. The maximum atomic E-state index is 11.9. The van der Waals surface area contributed by atoms with Crippen molar-refractivity contribution in [3.05, 3.63) is 0 Å². The number of amides is 1. The molecule has 0 aromatic carbocycles. The number of nitrogens with zero attached hydrogens (tertiary/aromatic N) is 1. The van der Waals surface area contributed by atoms with Crippen LogP contribution in [0.1, 0.15) is 26.2 Å². The third-order valence-corrected chi connectivity index (χ3v) is 3.00. The number of nitrogens with one attached hydrogen (secondary N) is 1. The van der Waals surface area contributed by atoms with E-state index < -0.39 is 0 Å². The van der Waals surface area contributed by atoms with Crippen LogP contribution in [0.4, 0.5) is 0 Å². The molecule has 5 nitrogen and oxygen atoms in total. The summed E-state index contributed by atoms with van der Waals surface area (Å²) in [6, 6.07) is -0.294. The van der Waals surface area contributed by atoms with Crippen molar-refractivity contribution in [2.45, 2.75) is 38.5 Å². The molecule has 0 fully saturated rings. The molecule has 0 aliphatic carbocycles. The number of rotatable bonds is 10. The summed E-state index contributed by atoms with van der Waals surface area (Å²) in [5.74, 6) is 0.100. The van der Waals surface area contributed by atoms with Gasteiger partial charge in [-0.25, -0.2) is 0 Å². The van der Waals surface area contributed by atoms with Gasteiger partial charge in [0.1, 0.15) is 7.85 Å². The van der Waals surface area contributed by atoms with Gasteiger partial charge >= 0.3 is 0 Å². The predicted octanol–water partition coefficient (Wildman–Crippen LogP) is -0.828. The van der Waals surface area contributed by atoms with Crippen LogP contribution in [0.3, 0.4) is 0 Å². The van der Waals surface area contributed by atoms with Crippen molar-refractivity contribution in [1.82, 2.24) is 10.2 Å². The number of hydrogen-bond acceptors (Lipinski definition) is 4. The maximum absolute atomic E-state index is 11.9. The Morgan fingerprint density at radius 1 is 1.39 bits per heavy atom. The summed E-state index contributed by atoms with van der Waals surface area (Å²) in [5.41, 5.74) is 5.46. The number of carbonyl (C=O) groups excluding carboxylic acids is 2. The van der Waals surface area contributed by atoms with Gasteiger partial charge in [0.2, 0.25) is 5.91 Å². The third kappa shape index (κ3) is 6.16. The van der Waals surface area contributed by atoms with Crippen LogP contribution in [-0.4, -0.2) is 57.2 Å². The number of likely N-dealkylation sites (N-methyl/N-ethyl adjacent to an activating group) is 1. The van der Waals surface area contributed by atoms with E-state index >= 15 is 0 Å². The first-order valence-corrected chi connectivity index (χ1v) is 6.73. The Balaban J connectivity index is 4.62. The lowest BCUT2D eigenvalue weighted by Crippen LogP contribution is -2.46. The molecule has 0 saturated heterocycles. The second-order valence-electron chi connectivity index (χ2n) is 4.46. The molecular weight excluding hydrogens is 229 g/mol. The average molecular weight is 255 g/mol. The molecule has 104 valence electrons. The second kappa shape index (κ2) is 10.1. The zero-order valence-corrected chi connectivity index (χ0v) is 11.9. The monoisotopic (exact) mass is 255 g/mol. The Labute approximate surface area is 111 Å². The van der Waals surface area contributed by atoms with E-state index in [9.17, 15) is 9.59 Å². The summed E-state index contributed by atoms with van der Waals surface area (Å²) >= 11 is 0. The van der Waals surface area contributed by atoms with Gasteiger partial charge in [-0.2, -0.15) is 0 Å². The summed E-state index contributed by atoms with van der Waals surface area (Å²) in [6.45, 7) is 3.47. The van der Waals surface area contributed by atoms with E-state index in [1.54, 1.807) is 11.8 Å². The summed E-state index contributed by atoms with van der Waals surface area (Å²) in [4.78, 5) is 25.3. The predicted molar refractivity (Wildman–Crippen MR) is 76.4 cm³/mol. The summed E-state index contributed by atoms with van der Waals surface area (Å²) in [5, 5.41) is 3.01. The van der Waals surface area contributed by atoms with Crippen LogP contribution in [0.2, 0.25) is 6.32 Å². The van der Waals surface area contributed by atoms with Crippen LogP contribution < -0.4 is 11.1 Å². The molecule has 0 unspecified atom stereocenters. The molecule has 0 aliphatic heterocycles. The summed E-state index contributed by atoms with van der Waals surface area (Å²) in [7, 11) is 3.66. The number of Topliss-reactive ketones (excluding diaryl/α,β-unsaturated/α-hetero) is 1. The lowest BCUT2D eigenvalue weighted by molar-refractivity contribution is -0.137. The number of ketones is 1. The van der Waals surface area contributed by atoms with E-state index in [0.29, 0.717) is 32.4 Å².